The van der Waals surface area contributed by atoms with Gasteiger partial charge in [-0.2, -0.15) is 0 Å². The molecule has 0 atom stereocenters. The number of para-hydroxylation sites is 1. The second kappa shape index (κ2) is 6.99. The van der Waals surface area contributed by atoms with Gasteiger partial charge in [0.1, 0.15) is 0 Å². The largest absolute Gasteiger partial charge is 0.388 e. The number of nitrogens with one attached hydrogen (secondary N) is 1. The van der Waals surface area contributed by atoms with Gasteiger partial charge in [-0.3, -0.25) is 0 Å². The molecule has 0 saturated carbocycles. The lowest BCUT2D eigenvalue weighted by Crippen LogP contribution is -2.19. The molecule has 0 unspecified atom stereocenters. The van der Waals surface area contributed by atoms with Crippen molar-refractivity contribution in [3.63, 3.8) is 0 Å². The Bertz CT molecular complexity index is 503. The van der Waals surface area contributed by atoms with Gasteiger partial charge in [-0.1, -0.05) is 32.0 Å². The Balaban J connectivity index is 2.25. The Labute approximate surface area is 122 Å². The summed E-state index contributed by atoms with van der Waals surface area (Å²) in [6.07, 6.45) is 1.18. The fourth-order valence-corrected chi connectivity index (χ4v) is 2.21. The molecule has 0 heterocycles. The van der Waals surface area contributed by atoms with Gasteiger partial charge in [0.15, 0.2) is 0 Å². The standard InChI is InChI=1S/C18H24N2/c1-15(2)13-14-20(17-7-5-4-6-8-17)18-11-9-16(19-3)10-12-18/h4-12,15,19H,13-14H2,1-3H3. The van der Waals surface area contributed by atoms with Crippen LogP contribution < -0.4 is 10.2 Å². The van der Waals surface area contributed by atoms with E-state index in [0.717, 1.165) is 12.2 Å². The van der Waals surface area contributed by atoms with Crippen molar-refractivity contribution in [3.05, 3.63) is 54.6 Å². The van der Waals surface area contributed by atoms with Crippen molar-refractivity contribution in [1.29, 1.82) is 0 Å². The van der Waals surface area contributed by atoms with E-state index in [9.17, 15) is 0 Å². The Morgan fingerprint density at radius 2 is 1.50 bits per heavy atom. The first-order valence-electron chi connectivity index (χ1n) is 7.31. The van der Waals surface area contributed by atoms with E-state index in [0.29, 0.717) is 5.92 Å². The molecule has 0 aliphatic carbocycles. The number of rotatable bonds is 6. The van der Waals surface area contributed by atoms with Crippen LogP contribution in [0.2, 0.25) is 0 Å². The van der Waals surface area contributed by atoms with E-state index in [1.54, 1.807) is 0 Å². The van der Waals surface area contributed by atoms with Gasteiger partial charge in [0, 0.05) is 30.7 Å². The predicted molar refractivity (Wildman–Crippen MR) is 88.9 cm³/mol. The van der Waals surface area contributed by atoms with Gasteiger partial charge in [-0.25, -0.2) is 0 Å². The van der Waals surface area contributed by atoms with Crippen LogP contribution in [0.15, 0.2) is 54.6 Å². The molecule has 2 rings (SSSR count). The van der Waals surface area contributed by atoms with Crippen LogP contribution in [0.4, 0.5) is 17.1 Å². The molecule has 2 aromatic rings. The minimum Gasteiger partial charge on any atom is -0.388 e. The third kappa shape index (κ3) is 3.77. The van der Waals surface area contributed by atoms with Gasteiger partial charge in [0.25, 0.3) is 0 Å². The number of hydrogen-bond acceptors (Lipinski definition) is 2. The maximum absolute atomic E-state index is 3.16. The molecule has 0 aromatic heterocycles. The molecule has 2 aromatic carbocycles. The van der Waals surface area contributed by atoms with E-state index in [1.807, 2.05) is 7.05 Å². The van der Waals surface area contributed by atoms with Crippen LogP contribution in [0.1, 0.15) is 20.3 Å². The maximum Gasteiger partial charge on any atom is 0.0412 e. The highest BCUT2D eigenvalue weighted by atomic mass is 15.1. The number of anilines is 3. The third-order valence-corrected chi connectivity index (χ3v) is 3.47. The summed E-state index contributed by atoms with van der Waals surface area (Å²) in [6.45, 7) is 5.58. The van der Waals surface area contributed by atoms with E-state index in [1.165, 1.54) is 17.8 Å². The molecule has 20 heavy (non-hydrogen) atoms. The Morgan fingerprint density at radius 1 is 0.900 bits per heavy atom. The lowest BCUT2D eigenvalue weighted by Gasteiger charge is -2.26. The summed E-state index contributed by atoms with van der Waals surface area (Å²) in [4.78, 5) is 2.39. The minimum atomic E-state index is 0.706. The van der Waals surface area contributed by atoms with Crippen LogP contribution in [-0.2, 0) is 0 Å². The molecule has 0 radical (unpaired) electrons. The summed E-state index contributed by atoms with van der Waals surface area (Å²) >= 11 is 0. The first-order valence-corrected chi connectivity index (χ1v) is 7.31. The highest BCUT2D eigenvalue weighted by Crippen LogP contribution is 2.27. The number of hydrogen-bond donors (Lipinski definition) is 1. The summed E-state index contributed by atoms with van der Waals surface area (Å²) < 4.78 is 0. The fraction of sp³-hybridized carbons (Fsp3) is 0.333. The van der Waals surface area contributed by atoms with E-state index in [2.05, 4.69) is 78.7 Å². The van der Waals surface area contributed by atoms with E-state index < -0.39 is 0 Å². The van der Waals surface area contributed by atoms with Crippen molar-refractivity contribution in [2.75, 3.05) is 23.8 Å². The fourth-order valence-electron chi connectivity index (χ4n) is 2.21. The summed E-state index contributed by atoms with van der Waals surface area (Å²) in [5, 5.41) is 3.16. The molecule has 0 spiro atoms. The van der Waals surface area contributed by atoms with Crippen LogP contribution in [0.3, 0.4) is 0 Å². The summed E-state index contributed by atoms with van der Waals surface area (Å²) in [5.74, 6) is 0.706. The highest BCUT2D eigenvalue weighted by molar-refractivity contribution is 5.65. The normalized spacial score (nSPS) is 10.6. The molecule has 0 fully saturated rings. The van der Waals surface area contributed by atoms with Gasteiger partial charge < -0.3 is 10.2 Å². The van der Waals surface area contributed by atoms with E-state index in [4.69, 9.17) is 0 Å². The molecule has 0 aliphatic rings. The summed E-state index contributed by atoms with van der Waals surface area (Å²) in [7, 11) is 1.95. The first-order chi connectivity index (χ1) is 9.70. The number of benzene rings is 2. The smallest absolute Gasteiger partial charge is 0.0412 e. The molecule has 0 saturated heterocycles. The van der Waals surface area contributed by atoms with Crippen molar-refractivity contribution in [2.24, 2.45) is 5.92 Å². The monoisotopic (exact) mass is 268 g/mol. The average molecular weight is 268 g/mol. The molecule has 0 aliphatic heterocycles. The molecule has 106 valence electrons. The van der Waals surface area contributed by atoms with Crippen molar-refractivity contribution in [1.82, 2.24) is 0 Å². The molecule has 0 amide bonds. The van der Waals surface area contributed by atoms with Gasteiger partial charge in [-0.15, -0.1) is 0 Å². The van der Waals surface area contributed by atoms with Crippen molar-refractivity contribution < 1.29 is 0 Å². The SMILES string of the molecule is CNc1ccc(N(CCC(C)C)c2ccccc2)cc1. The van der Waals surface area contributed by atoms with Crippen molar-refractivity contribution in [3.8, 4) is 0 Å². The zero-order valence-electron chi connectivity index (χ0n) is 12.6. The van der Waals surface area contributed by atoms with Gasteiger partial charge in [0.2, 0.25) is 0 Å². The molecule has 2 nitrogen and oxygen atoms in total. The molecule has 0 bridgehead atoms. The van der Waals surface area contributed by atoms with Gasteiger partial charge >= 0.3 is 0 Å². The summed E-state index contributed by atoms with van der Waals surface area (Å²) in [6, 6.07) is 19.2. The minimum absolute atomic E-state index is 0.706. The van der Waals surface area contributed by atoms with Gasteiger partial charge in [0.05, 0.1) is 0 Å². The average Bonchev–Trinajstić information content (AvgIpc) is 2.49. The van der Waals surface area contributed by atoms with Gasteiger partial charge in [-0.05, 0) is 48.7 Å². The predicted octanol–water partition coefficient (Wildman–Crippen LogP) is 4.91. The maximum atomic E-state index is 3.16. The molecule has 2 heteroatoms. The Kier molecular flexibility index (Phi) is 5.05. The molecular formula is C18H24N2. The van der Waals surface area contributed by atoms with Crippen LogP contribution >= 0.6 is 0 Å². The molecular weight excluding hydrogens is 244 g/mol. The van der Waals surface area contributed by atoms with Crippen LogP contribution in [0.25, 0.3) is 0 Å². The third-order valence-electron chi connectivity index (χ3n) is 3.47. The second-order valence-corrected chi connectivity index (χ2v) is 5.47. The van der Waals surface area contributed by atoms with E-state index >= 15 is 0 Å². The first kappa shape index (κ1) is 14.4. The van der Waals surface area contributed by atoms with Crippen molar-refractivity contribution >= 4 is 17.1 Å². The molecule has 1 N–H and O–H groups in total. The van der Waals surface area contributed by atoms with Crippen LogP contribution in [-0.4, -0.2) is 13.6 Å². The lowest BCUT2D eigenvalue weighted by atomic mass is 10.1. The van der Waals surface area contributed by atoms with Crippen molar-refractivity contribution in [2.45, 2.75) is 20.3 Å². The van der Waals surface area contributed by atoms with Crippen LogP contribution in [0, 0.1) is 5.92 Å². The topological polar surface area (TPSA) is 15.3 Å². The Hall–Kier alpha value is -1.96. The zero-order valence-corrected chi connectivity index (χ0v) is 12.6. The number of nitrogens with zero attached hydrogens (tertiary/aromatic N) is 1. The highest BCUT2D eigenvalue weighted by Gasteiger charge is 2.09. The zero-order chi connectivity index (χ0) is 14.4. The quantitative estimate of drug-likeness (QED) is 0.800. The second-order valence-electron chi connectivity index (χ2n) is 5.47. The van der Waals surface area contributed by atoms with E-state index in [-0.39, 0.29) is 0 Å². The van der Waals surface area contributed by atoms with Crippen LogP contribution in [0.5, 0.6) is 0 Å². The summed E-state index contributed by atoms with van der Waals surface area (Å²) in [5.41, 5.74) is 3.65. The Morgan fingerprint density at radius 3 is 2.05 bits per heavy atom. The lowest BCUT2D eigenvalue weighted by molar-refractivity contribution is 0.591.